The summed E-state index contributed by atoms with van der Waals surface area (Å²) in [7, 11) is 0. The minimum Gasteiger partial charge on any atom is -0.857 e. The van der Waals surface area contributed by atoms with E-state index < -0.39 is 79.0 Å². The topological polar surface area (TPSA) is 289 Å². The summed E-state index contributed by atoms with van der Waals surface area (Å²) in [6.45, 7) is -0.980. The van der Waals surface area contributed by atoms with E-state index in [2.05, 4.69) is 15.0 Å². The Morgan fingerprint density at radius 3 is 2.47 bits per heavy atom. The van der Waals surface area contributed by atoms with Gasteiger partial charge in [0.1, 0.15) is 43.0 Å². The van der Waals surface area contributed by atoms with Crippen molar-refractivity contribution in [1.29, 1.82) is 5.41 Å². The van der Waals surface area contributed by atoms with Gasteiger partial charge in [-0.15, -0.1) is 0 Å². The number of hydrogen-bond acceptors (Lipinski definition) is 15. The normalized spacial score (nSPS) is 26.3. The zero-order valence-corrected chi connectivity index (χ0v) is 31.4. The highest BCUT2D eigenvalue weighted by atomic mass is 16.7. The van der Waals surface area contributed by atoms with Gasteiger partial charge in [-0.05, 0) is 42.7 Å². The maximum Gasteiger partial charge on any atom is 0.262 e. The summed E-state index contributed by atoms with van der Waals surface area (Å²) in [6, 6.07) is 12.7. The van der Waals surface area contributed by atoms with Crippen LogP contribution in [0.15, 0.2) is 63.5 Å². The lowest BCUT2D eigenvalue weighted by Crippen LogP contribution is -3.09. The first-order chi connectivity index (χ1) is 28.3. The van der Waals surface area contributed by atoms with Gasteiger partial charge in [-0.3, -0.25) is 15.0 Å². The molecule has 8 rings (SSSR count). The number of quaternary nitrogens is 1. The molecule has 3 aliphatic heterocycles. The summed E-state index contributed by atoms with van der Waals surface area (Å²) in [4.78, 5) is 52.8. The second kappa shape index (κ2) is 15.9. The van der Waals surface area contributed by atoms with E-state index in [-0.39, 0.29) is 83.2 Å². The molecule has 5 aliphatic rings. The van der Waals surface area contributed by atoms with Gasteiger partial charge >= 0.3 is 0 Å². The van der Waals surface area contributed by atoms with Crippen LogP contribution in [0.4, 0.5) is 5.69 Å². The summed E-state index contributed by atoms with van der Waals surface area (Å²) in [5, 5.41) is 86.1. The number of ether oxygens (including phenoxy) is 3. The maximum absolute atomic E-state index is 14.5. The fourth-order valence-corrected chi connectivity index (χ4v) is 8.39. The molecule has 2 fully saturated rings. The number of carbonyl (C=O) groups is 3. The Hall–Kier alpha value is -5.57. The Bertz CT molecular complexity index is 2340. The number of aldehydes is 1. The monoisotopic (exact) mass is 811 g/mol. The molecule has 3 aromatic rings. The second-order valence-electron chi connectivity index (χ2n) is 15.2. The largest absolute Gasteiger partial charge is 0.857 e. The highest BCUT2D eigenvalue weighted by Crippen LogP contribution is 2.46. The minimum atomic E-state index is -1.92. The Labute approximate surface area is 335 Å². The van der Waals surface area contributed by atoms with Crippen LogP contribution in [0.5, 0.6) is 11.5 Å². The van der Waals surface area contributed by atoms with E-state index in [9.17, 15) is 50.1 Å². The third-order valence-corrected chi connectivity index (χ3v) is 11.4. The van der Waals surface area contributed by atoms with E-state index >= 15 is 0 Å². The highest BCUT2D eigenvalue weighted by molar-refractivity contribution is 6.66. The number of nitrogens with one attached hydrogen (secondary N) is 2. The fourth-order valence-electron chi connectivity index (χ4n) is 8.39. The van der Waals surface area contributed by atoms with Crippen LogP contribution in [-0.4, -0.2) is 128 Å². The zero-order chi connectivity index (χ0) is 41.7. The number of aliphatic hydroxyl groups excluding tert-OH is 5. The number of aliphatic imine (C=N–C) groups is 3. The van der Waals surface area contributed by atoms with Gasteiger partial charge in [0.15, 0.2) is 35.4 Å². The Morgan fingerprint density at radius 1 is 0.966 bits per heavy atom. The summed E-state index contributed by atoms with van der Waals surface area (Å²) in [5.74, 6) is -2.96. The molecule has 3 aromatic carbocycles. The van der Waals surface area contributed by atoms with Crippen molar-refractivity contribution < 1.29 is 69.2 Å². The second-order valence-corrected chi connectivity index (χ2v) is 15.2. The molecule has 0 spiro atoms. The number of carbonyl (C=O) groups excluding carboxylic acids is 3. The average Bonchev–Trinajstić information content (AvgIpc) is 3.86. The first-order valence-electron chi connectivity index (χ1n) is 19.1. The number of para-hydroxylation sites is 1. The first-order valence-corrected chi connectivity index (χ1v) is 19.1. The van der Waals surface area contributed by atoms with Gasteiger partial charge in [-0.2, -0.15) is 4.99 Å². The van der Waals surface area contributed by atoms with Gasteiger partial charge in [0, 0.05) is 46.6 Å². The molecule has 1 saturated heterocycles. The number of aliphatic hydroxyl groups is 6. The molecule has 0 bridgehead atoms. The molecule has 7 unspecified atom stereocenters. The number of fused-ring (bicyclic) bond motifs is 3. The fraction of sp³-hybridized carbons (Fsp3) is 0.390. The maximum atomic E-state index is 14.5. The van der Waals surface area contributed by atoms with E-state index in [0.29, 0.717) is 40.8 Å². The lowest BCUT2D eigenvalue weighted by molar-refractivity contribution is -0.723. The number of benzene rings is 3. The van der Waals surface area contributed by atoms with Crippen molar-refractivity contribution in [2.45, 2.75) is 87.5 Å². The van der Waals surface area contributed by atoms with Gasteiger partial charge in [-0.1, -0.05) is 37.1 Å². The summed E-state index contributed by atoms with van der Waals surface area (Å²) < 4.78 is 18.7. The third kappa shape index (κ3) is 7.16. The van der Waals surface area contributed by atoms with E-state index in [1.54, 1.807) is 24.3 Å². The summed E-state index contributed by atoms with van der Waals surface area (Å²) >= 11 is 0. The molecule has 8 N–H and O–H groups in total. The minimum absolute atomic E-state index is 0.00274. The van der Waals surface area contributed by atoms with E-state index in [1.807, 2.05) is 0 Å². The van der Waals surface area contributed by atoms with Crippen molar-refractivity contribution in [2.75, 3.05) is 13.3 Å². The number of ketones is 2. The van der Waals surface area contributed by atoms with Gasteiger partial charge in [0.2, 0.25) is 12.2 Å². The van der Waals surface area contributed by atoms with Gasteiger partial charge in [-0.25, -0.2) is 14.9 Å². The molecule has 18 heteroatoms. The lowest BCUT2D eigenvalue weighted by atomic mass is 9.81. The molecule has 0 radical (unpaired) electrons. The van der Waals surface area contributed by atoms with Crippen molar-refractivity contribution >= 4 is 46.9 Å². The number of guanidine groups is 1. The van der Waals surface area contributed by atoms with Crippen molar-refractivity contribution in [3.05, 3.63) is 87.5 Å². The van der Waals surface area contributed by atoms with Gasteiger partial charge < -0.3 is 54.8 Å². The van der Waals surface area contributed by atoms with Crippen LogP contribution in [0, 0.1) is 5.41 Å². The number of nitrogens with zero attached hydrogens (tertiary/aromatic N) is 3. The molecule has 0 aromatic heterocycles. The quantitative estimate of drug-likeness (QED) is 0.0750. The van der Waals surface area contributed by atoms with E-state index in [4.69, 9.17) is 19.6 Å². The zero-order valence-electron chi connectivity index (χ0n) is 31.4. The van der Waals surface area contributed by atoms with E-state index in [1.165, 1.54) is 24.3 Å². The third-order valence-electron chi connectivity index (χ3n) is 11.4. The van der Waals surface area contributed by atoms with Gasteiger partial charge in [0.25, 0.3) is 5.84 Å². The predicted molar refractivity (Wildman–Crippen MR) is 203 cm³/mol. The van der Waals surface area contributed by atoms with Crippen LogP contribution in [0.25, 0.3) is 0 Å². The molecule has 7 atom stereocenters. The van der Waals surface area contributed by atoms with Crippen molar-refractivity contribution in [3.8, 4) is 11.5 Å². The molecule has 1 saturated carbocycles. The molecular weight excluding hydrogens is 770 g/mol. The molecule has 3 heterocycles. The van der Waals surface area contributed by atoms with Crippen LogP contribution in [-0.2, 0) is 22.6 Å². The summed E-state index contributed by atoms with van der Waals surface area (Å²) in [5.41, 5.74) is -0.375. The Morgan fingerprint density at radius 2 is 1.73 bits per heavy atom. The molecular formula is C41H41N5O13. The smallest absolute Gasteiger partial charge is 0.262 e. The Balaban J connectivity index is 1.29. The van der Waals surface area contributed by atoms with Crippen molar-refractivity contribution in [3.63, 3.8) is 0 Å². The molecule has 59 heavy (non-hydrogen) atoms. The average molecular weight is 812 g/mol. The Kier molecular flexibility index (Phi) is 10.8. The number of amidine groups is 1. The molecule has 2 aliphatic carbocycles. The first kappa shape index (κ1) is 40.2. The molecule has 18 nitrogen and oxygen atoms in total. The van der Waals surface area contributed by atoms with E-state index in [0.717, 1.165) is 0 Å². The lowest BCUT2D eigenvalue weighted by Gasteiger charge is -2.45. The summed E-state index contributed by atoms with van der Waals surface area (Å²) in [6.07, 6.45) is -8.41. The van der Waals surface area contributed by atoms with Crippen LogP contribution < -0.4 is 19.5 Å². The van der Waals surface area contributed by atoms with Crippen LogP contribution in [0.3, 0.4) is 0 Å². The van der Waals surface area contributed by atoms with Crippen molar-refractivity contribution in [2.24, 2.45) is 15.0 Å². The van der Waals surface area contributed by atoms with Gasteiger partial charge in [0.05, 0.1) is 23.9 Å². The van der Waals surface area contributed by atoms with Crippen LogP contribution >= 0.6 is 0 Å². The van der Waals surface area contributed by atoms with Crippen LogP contribution in [0.2, 0.25) is 0 Å². The standard InChI is InChI=1S/C41H41N5O13/c42-40-44-37-28(38(55)45-40)43-18-46(37)26-6-2-1-5-20(26)14-21-15-25-27(30(51)24-13-19(16-48)7-8-23(24)29(25)50)35(57-17-22(49)9-12-47)34(21)58-39-33(54)31(52)32(53)36(59-39)41(56)10-3-4-11-41/h1-2,5-8,12-13,15,22,31-33,36,39,48-49,52-54,56H,3-4,9-11,14,16-18H2,(H2,42,45,55). The SMILES string of the molecule is N=C1N=C([O-])C2=NC[NH+](c3ccccc3Cc3cc4c(c(OCC(O)CC=O)c3OC3OC(C5(O)CCCC5)C(O)C(O)C3O)C(=O)c3cc(CO)ccc3C4=O)C2=N1. The number of hydrogen-bond donors (Lipinski definition) is 8. The number of rotatable bonds is 12. The van der Waals surface area contributed by atoms with Crippen LogP contribution in [0.1, 0.15) is 80.6 Å². The molecule has 0 amide bonds. The molecule has 308 valence electrons. The van der Waals surface area contributed by atoms with Crippen molar-refractivity contribution in [1.82, 2.24) is 0 Å². The predicted octanol–water partition coefficient (Wildman–Crippen LogP) is -1.60. The highest BCUT2D eigenvalue weighted by Gasteiger charge is 2.54.